The van der Waals surface area contributed by atoms with Crippen LogP contribution in [0.2, 0.25) is 0 Å². The summed E-state index contributed by atoms with van der Waals surface area (Å²) < 4.78 is 21.4. The summed E-state index contributed by atoms with van der Waals surface area (Å²) in [5.74, 6) is -0.838. The molecular formula is C28H28O8. The minimum atomic E-state index is -0.630. The second-order valence-electron chi connectivity index (χ2n) is 7.57. The molecule has 0 spiro atoms. The highest BCUT2D eigenvalue weighted by molar-refractivity contribution is 5.91. The van der Waals surface area contributed by atoms with Crippen molar-refractivity contribution in [1.29, 1.82) is 0 Å². The van der Waals surface area contributed by atoms with E-state index in [4.69, 9.17) is 18.9 Å². The Labute approximate surface area is 209 Å². The van der Waals surface area contributed by atoms with Crippen molar-refractivity contribution in [3.63, 3.8) is 0 Å². The van der Waals surface area contributed by atoms with Crippen LogP contribution in [0.5, 0.6) is 11.5 Å². The third-order valence-corrected chi connectivity index (χ3v) is 4.79. The van der Waals surface area contributed by atoms with Gasteiger partial charge in [-0.05, 0) is 87.5 Å². The van der Waals surface area contributed by atoms with Crippen molar-refractivity contribution in [2.75, 3.05) is 0 Å². The summed E-state index contributed by atoms with van der Waals surface area (Å²) in [6, 6.07) is 11.9. The predicted molar refractivity (Wildman–Crippen MR) is 133 cm³/mol. The zero-order chi connectivity index (χ0) is 26.7. The largest absolute Gasteiger partial charge is 0.508 e. The second-order valence-corrected chi connectivity index (χ2v) is 7.57. The first-order valence-electron chi connectivity index (χ1n) is 11.0. The van der Waals surface area contributed by atoms with E-state index in [9.17, 15) is 19.5 Å². The Morgan fingerprint density at radius 1 is 0.806 bits per heavy atom. The van der Waals surface area contributed by atoms with Gasteiger partial charge in [-0.15, -0.1) is 0 Å². The maximum Gasteiger partial charge on any atom is 0.343 e. The summed E-state index contributed by atoms with van der Waals surface area (Å²) in [5.41, 5.74) is 0.544. The number of rotatable bonds is 11. The van der Waals surface area contributed by atoms with Crippen molar-refractivity contribution in [1.82, 2.24) is 0 Å². The van der Waals surface area contributed by atoms with E-state index in [0.29, 0.717) is 11.3 Å². The molecule has 0 aromatic heterocycles. The van der Waals surface area contributed by atoms with Gasteiger partial charge in [-0.25, -0.2) is 14.4 Å². The molecule has 188 valence electrons. The Kier molecular flexibility index (Phi) is 10.2. The van der Waals surface area contributed by atoms with Crippen LogP contribution in [0, 0.1) is 0 Å². The summed E-state index contributed by atoms with van der Waals surface area (Å²) in [7, 11) is 0. The van der Waals surface area contributed by atoms with Gasteiger partial charge in [0, 0.05) is 6.08 Å². The summed E-state index contributed by atoms with van der Waals surface area (Å²) in [4.78, 5) is 35.9. The van der Waals surface area contributed by atoms with Gasteiger partial charge >= 0.3 is 17.9 Å². The molecule has 0 amide bonds. The van der Waals surface area contributed by atoms with E-state index < -0.39 is 30.1 Å². The van der Waals surface area contributed by atoms with Gasteiger partial charge in [-0.2, -0.15) is 0 Å². The molecule has 0 heterocycles. The molecular weight excluding hydrogens is 464 g/mol. The monoisotopic (exact) mass is 492 g/mol. The van der Waals surface area contributed by atoms with Crippen LogP contribution >= 0.6 is 0 Å². The van der Waals surface area contributed by atoms with Gasteiger partial charge in [0.15, 0.2) is 0 Å². The number of phenols is 1. The topological polar surface area (TPSA) is 108 Å². The van der Waals surface area contributed by atoms with E-state index in [2.05, 4.69) is 13.2 Å². The van der Waals surface area contributed by atoms with Crippen molar-refractivity contribution < 1.29 is 38.4 Å². The van der Waals surface area contributed by atoms with Crippen LogP contribution in [-0.4, -0.2) is 35.2 Å². The van der Waals surface area contributed by atoms with Gasteiger partial charge in [0.1, 0.15) is 35.2 Å². The molecule has 0 bridgehead atoms. The molecule has 0 aliphatic heterocycles. The lowest BCUT2D eigenvalue weighted by Crippen LogP contribution is -2.30. The number of aromatic hydroxyl groups is 1. The smallest absolute Gasteiger partial charge is 0.343 e. The molecule has 0 radical (unpaired) electrons. The van der Waals surface area contributed by atoms with Gasteiger partial charge in [-0.1, -0.05) is 13.2 Å². The molecule has 0 fully saturated rings. The summed E-state index contributed by atoms with van der Waals surface area (Å²) in [6.07, 6.45) is 4.39. The zero-order valence-electron chi connectivity index (χ0n) is 20.3. The normalized spacial score (nSPS) is 13.1. The molecule has 0 saturated carbocycles. The number of hydrogen-bond donors (Lipinski definition) is 1. The van der Waals surface area contributed by atoms with Crippen LogP contribution in [0.3, 0.4) is 0 Å². The average molecular weight is 493 g/mol. The number of benzene rings is 2. The third-order valence-electron chi connectivity index (χ3n) is 4.79. The van der Waals surface area contributed by atoms with Gasteiger partial charge in [-0.3, -0.25) is 0 Å². The van der Waals surface area contributed by atoms with Gasteiger partial charge in [0.2, 0.25) is 0 Å². The SMILES string of the molecule is C=CC(=O)OC(C)C(C)Oc1ccc(C(=O)O/C(C)=C/C=C(\C=C)OC(=O)c2ccc(O)cc2)cc1. The Morgan fingerprint density at radius 2 is 1.36 bits per heavy atom. The van der Waals surface area contributed by atoms with Crippen molar-refractivity contribution in [3.8, 4) is 11.5 Å². The highest BCUT2D eigenvalue weighted by atomic mass is 16.6. The van der Waals surface area contributed by atoms with Gasteiger partial charge < -0.3 is 24.1 Å². The molecule has 0 aliphatic rings. The van der Waals surface area contributed by atoms with Crippen molar-refractivity contribution >= 4 is 17.9 Å². The summed E-state index contributed by atoms with van der Waals surface area (Å²) in [5, 5.41) is 9.32. The number of hydrogen-bond acceptors (Lipinski definition) is 8. The number of allylic oxidation sites excluding steroid dienone is 4. The van der Waals surface area contributed by atoms with Gasteiger partial charge in [0.05, 0.1) is 11.1 Å². The number of carbonyl (C=O) groups is 3. The number of ether oxygens (including phenoxy) is 4. The van der Waals surface area contributed by atoms with Crippen LogP contribution in [0.25, 0.3) is 0 Å². The highest BCUT2D eigenvalue weighted by Gasteiger charge is 2.17. The molecule has 8 heteroatoms. The molecule has 1 N–H and O–H groups in total. The van der Waals surface area contributed by atoms with Crippen LogP contribution in [0.1, 0.15) is 41.5 Å². The van der Waals surface area contributed by atoms with Gasteiger partial charge in [0.25, 0.3) is 0 Å². The van der Waals surface area contributed by atoms with E-state index in [1.54, 1.807) is 45.0 Å². The Hall–Kier alpha value is -4.59. The molecule has 36 heavy (non-hydrogen) atoms. The van der Waals surface area contributed by atoms with E-state index in [1.807, 2.05) is 0 Å². The third kappa shape index (κ3) is 8.64. The maximum atomic E-state index is 12.4. The Morgan fingerprint density at radius 3 is 1.92 bits per heavy atom. The first-order chi connectivity index (χ1) is 17.1. The number of phenolic OH excluding ortho intramolecular Hbond substituents is 1. The van der Waals surface area contributed by atoms with E-state index in [0.717, 1.165) is 6.08 Å². The molecule has 2 aromatic rings. The molecule has 0 saturated heterocycles. The molecule has 2 rings (SSSR count). The van der Waals surface area contributed by atoms with Crippen LogP contribution in [0.15, 0.2) is 97.5 Å². The minimum absolute atomic E-state index is 0.0317. The number of esters is 3. The maximum absolute atomic E-state index is 12.4. The lowest BCUT2D eigenvalue weighted by atomic mass is 10.2. The highest BCUT2D eigenvalue weighted by Crippen LogP contribution is 2.18. The van der Waals surface area contributed by atoms with E-state index in [-0.39, 0.29) is 22.8 Å². The first kappa shape index (κ1) is 27.7. The molecule has 0 aliphatic carbocycles. The summed E-state index contributed by atoms with van der Waals surface area (Å²) in [6.45, 7) is 12.0. The lowest BCUT2D eigenvalue weighted by Gasteiger charge is -2.21. The lowest BCUT2D eigenvalue weighted by molar-refractivity contribution is -0.146. The zero-order valence-corrected chi connectivity index (χ0v) is 20.3. The standard InChI is InChI=1S/C28H28O8/c1-6-24(36-28(32)21-9-13-23(29)14-10-21)15-8-18(3)33-27(31)22-11-16-25(17-12-22)34-19(4)20(5)35-26(30)7-2/h6-17,19-20,29H,1-2H2,3-5H3/b18-8+,24-15+. The van der Waals surface area contributed by atoms with E-state index >= 15 is 0 Å². The quantitative estimate of drug-likeness (QED) is 0.149. The second kappa shape index (κ2) is 13.3. The van der Waals surface area contributed by atoms with Crippen molar-refractivity contribution in [2.45, 2.75) is 33.0 Å². The average Bonchev–Trinajstić information content (AvgIpc) is 2.86. The molecule has 2 unspecified atom stereocenters. The number of carbonyl (C=O) groups excluding carboxylic acids is 3. The van der Waals surface area contributed by atoms with E-state index in [1.165, 1.54) is 42.5 Å². The molecule has 2 aromatic carbocycles. The van der Waals surface area contributed by atoms with Crippen LogP contribution in [0.4, 0.5) is 0 Å². The minimum Gasteiger partial charge on any atom is -0.508 e. The summed E-state index contributed by atoms with van der Waals surface area (Å²) >= 11 is 0. The Balaban J connectivity index is 1.95. The fourth-order valence-electron chi connectivity index (χ4n) is 2.65. The molecule has 2 atom stereocenters. The fourth-order valence-corrected chi connectivity index (χ4v) is 2.65. The predicted octanol–water partition coefficient (Wildman–Crippen LogP) is 5.26. The Bertz CT molecular complexity index is 1160. The van der Waals surface area contributed by atoms with Crippen molar-refractivity contribution in [2.24, 2.45) is 0 Å². The van der Waals surface area contributed by atoms with Crippen molar-refractivity contribution in [3.05, 3.63) is 109 Å². The first-order valence-corrected chi connectivity index (χ1v) is 11.0. The van der Waals surface area contributed by atoms with Crippen LogP contribution < -0.4 is 4.74 Å². The molecule has 8 nitrogen and oxygen atoms in total. The fraction of sp³-hybridized carbons (Fsp3) is 0.179. The van der Waals surface area contributed by atoms with Crippen LogP contribution in [-0.2, 0) is 19.0 Å².